The molecule has 0 unspecified atom stereocenters. The molecule has 0 aliphatic heterocycles. The molecule has 3 heteroatoms. The molecule has 0 aliphatic rings. The summed E-state index contributed by atoms with van der Waals surface area (Å²) in [7, 11) is 0. The molecule has 0 saturated heterocycles. The highest BCUT2D eigenvalue weighted by Gasteiger charge is 1.96. The first-order valence-electron chi connectivity index (χ1n) is 2.51. The molecule has 1 heterocycles. The van der Waals surface area contributed by atoms with Crippen LogP contribution in [0.4, 0.5) is 0 Å². The molecule has 0 atom stereocenters. The number of rotatable bonds is 0. The number of hydrogen-bond acceptors (Lipinski definition) is 1. The highest BCUT2D eigenvalue weighted by Crippen LogP contribution is 2.16. The summed E-state index contributed by atoms with van der Waals surface area (Å²) in [6.07, 6.45) is 6.86. The molecule has 0 aromatic carbocycles. The minimum atomic E-state index is 0.707. The minimum Gasteiger partial charge on any atom is -0.247 e. The van der Waals surface area contributed by atoms with Crippen LogP contribution in [0.1, 0.15) is 5.56 Å². The van der Waals surface area contributed by atoms with Crippen molar-refractivity contribution in [2.45, 2.75) is 0 Å². The lowest BCUT2D eigenvalue weighted by Crippen LogP contribution is -1.81. The molecule has 1 aromatic rings. The maximum absolute atomic E-state index is 5.18. The lowest BCUT2D eigenvalue weighted by molar-refractivity contribution is 1.24. The number of aromatic nitrogens is 1. The fraction of sp³-hybridized carbons (Fsp3) is 0. The third-order valence-electron chi connectivity index (χ3n) is 0.961. The highest BCUT2D eigenvalue weighted by molar-refractivity contribution is 9.11. The molecule has 1 nitrogen and oxygen atoms in total. The molecule has 0 fully saturated rings. The summed E-state index contributed by atoms with van der Waals surface area (Å²) in [5.41, 5.74) is 0.759. The molecule has 0 aliphatic carbocycles. The Morgan fingerprint density at radius 1 is 1.50 bits per heavy atom. The first-order valence-corrected chi connectivity index (χ1v) is 4.10. The lowest BCUT2D eigenvalue weighted by atomic mass is 10.3. The van der Waals surface area contributed by atoms with Crippen LogP contribution in [0.5, 0.6) is 0 Å². The summed E-state index contributed by atoms with van der Waals surface area (Å²) in [6, 6.07) is 1.83. The number of hydrogen-bond donors (Lipinski definition) is 0. The van der Waals surface area contributed by atoms with Gasteiger partial charge in [-0.3, -0.25) is 0 Å². The van der Waals surface area contributed by atoms with E-state index in [1.165, 1.54) is 0 Å². The average molecular weight is 261 g/mol. The Morgan fingerprint density at radius 2 is 2.20 bits per heavy atom. The van der Waals surface area contributed by atoms with Crippen LogP contribution in [0, 0.1) is 12.3 Å². The summed E-state index contributed by atoms with van der Waals surface area (Å²) in [6.45, 7) is 0. The van der Waals surface area contributed by atoms with Gasteiger partial charge in [-0.1, -0.05) is 5.92 Å². The van der Waals surface area contributed by atoms with E-state index < -0.39 is 0 Å². The van der Waals surface area contributed by atoms with Crippen LogP contribution in [0.2, 0.25) is 0 Å². The number of halogens is 2. The Balaban J connectivity index is 3.25. The van der Waals surface area contributed by atoms with Gasteiger partial charge in [0.1, 0.15) is 4.60 Å². The Bertz CT molecular complexity index is 288. The smallest absolute Gasteiger partial charge is 0.121 e. The Hall–Kier alpha value is -0.330. The van der Waals surface area contributed by atoms with Crippen molar-refractivity contribution in [2.24, 2.45) is 0 Å². The Kier molecular flexibility index (Phi) is 2.47. The van der Waals surface area contributed by atoms with Gasteiger partial charge in [-0.25, -0.2) is 4.98 Å². The molecule has 1 aromatic heterocycles. The van der Waals surface area contributed by atoms with Crippen LogP contribution in [0.25, 0.3) is 0 Å². The van der Waals surface area contributed by atoms with E-state index in [1.54, 1.807) is 6.20 Å². The van der Waals surface area contributed by atoms with Crippen molar-refractivity contribution >= 4 is 31.9 Å². The number of nitrogens with zero attached hydrogens (tertiary/aromatic N) is 1. The third-order valence-corrected chi connectivity index (χ3v) is 2.03. The quantitative estimate of drug-likeness (QED) is 0.516. The molecular weight excluding hydrogens is 258 g/mol. The van der Waals surface area contributed by atoms with Crippen molar-refractivity contribution in [3.8, 4) is 12.3 Å². The van der Waals surface area contributed by atoms with E-state index >= 15 is 0 Å². The molecule has 0 amide bonds. The maximum atomic E-state index is 5.18. The predicted molar refractivity (Wildman–Crippen MR) is 47.6 cm³/mol. The predicted octanol–water partition coefficient (Wildman–Crippen LogP) is 2.59. The minimum absolute atomic E-state index is 0.707. The van der Waals surface area contributed by atoms with Gasteiger partial charge in [0.25, 0.3) is 0 Å². The molecule has 0 spiro atoms. The molecule has 10 heavy (non-hydrogen) atoms. The van der Waals surface area contributed by atoms with Gasteiger partial charge < -0.3 is 0 Å². The average Bonchev–Trinajstić information content (AvgIpc) is 1.94. The van der Waals surface area contributed by atoms with Crippen molar-refractivity contribution in [2.75, 3.05) is 0 Å². The van der Waals surface area contributed by atoms with Crippen molar-refractivity contribution < 1.29 is 0 Å². The van der Waals surface area contributed by atoms with E-state index in [0.29, 0.717) is 4.60 Å². The van der Waals surface area contributed by atoms with Gasteiger partial charge >= 0.3 is 0 Å². The second kappa shape index (κ2) is 3.18. The molecule has 0 N–H and O–H groups in total. The van der Waals surface area contributed by atoms with E-state index in [-0.39, 0.29) is 0 Å². The lowest BCUT2D eigenvalue weighted by Gasteiger charge is -1.93. The van der Waals surface area contributed by atoms with Crippen LogP contribution in [0.15, 0.2) is 21.3 Å². The molecule has 1 rings (SSSR count). The maximum Gasteiger partial charge on any atom is 0.121 e. The summed E-state index contributed by atoms with van der Waals surface area (Å²) >= 11 is 6.47. The fourth-order valence-electron chi connectivity index (χ4n) is 0.524. The van der Waals surface area contributed by atoms with E-state index in [1.807, 2.05) is 6.07 Å². The second-order valence-corrected chi connectivity index (χ2v) is 3.30. The molecule has 0 saturated carbocycles. The fourth-order valence-corrected chi connectivity index (χ4v) is 1.19. The van der Waals surface area contributed by atoms with Crippen LogP contribution in [-0.2, 0) is 0 Å². The van der Waals surface area contributed by atoms with Crippen LogP contribution < -0.4 is 0 Å². The number of pyridine rings is 1. The van der Waals surface area contributed by atoms with Gasteiger partial charge in [-0.2, -0.15) is 0 Å². The van der Waals surface area contributed by atoms with Gasteiger partial charge in [-0.15, -0.1) is 6.42 Å². The van der Waals surface area contributed by atoms with Crippen LogP contribution in [0.3, 0.4) is 0 Å². The van der Waals surface area contributed by atoms with E-state index in [0.717, 1.165) is 10.0 Å². The zero-order valence-corrected chi connectivity index (χ0v) is 8.11. The van der Waals surface area contributed by atoms with Gasteiger partial charge in [0.05, 0.1) is 5.56 Å². The Morgan fingerprint density at radius 3 is 2.70 bits per heavy atom. The van der Waals surface area contributed by atoms with E-state index in [9.17, 15) is 0 Å². The zero-order chi connectivity index (χ0) is 7.56. The number of terminal acetylenes is 1. The largest absolute Gasteiger partial charge is 0.247 e. The van der Waals surface area contributed by atoms with Gasteiger partial charge in [0, 0.05) is 10.7 Å². The van der Waals surface area contributed by atoms with Crippen LogP contribution in [-0.4, -0.2) is 4.98 Å². The van der Waals surface area contributed by atoms with Gasteiger partial charge in [0.2, 0.25) is 0 Å². The molecule has 0 radical (unpaired) electrons. The van der Waals surface area contributed by atoms with Crippen molar-refractivity contribution in [1.82, 2.24) is 4.98 Å². The molecule has 0 bridgehead atoms. The summed E-state index contributed by atoms with van der Waals surface area (Å²) in [5.74, 6) is 2.50. The Labute approximate surface area is 76.1 Å². The van der Waals surface area contributed by atoms with Crippen LogP contribution >= 0.6 is 31.9 Å². The summed E-state index contributed by atoms with van der Waals surface area (Å²) < 4.78 is 1.60. The first-order chi connectivity index (χ1) is 4.74. The second-order valence-electron chi connectivity index (χ2n) is 1.64. The standard InChI is InChI=1S/C7H3Br2N/c1-2-5-3-6(8)4-10-7(5)9/h1,3-4H. The van der Waals surface area contributed by atoms with Crippen molar-refractivity contribution in [3.63, 3.8) is 0 Å². The first kappa shape index (κ1) is 7.77. The van der Waals surface area contributed by atoms with Gasteiger partial charge in [0.15, 0.2) is 0 Å². The monoisotopic (exact) mass is 259 g/mol. The van der Waals surface area contributed by atoms with E-state index in [2.05, 4.69) is 42.8 Å². The SMILES string of the molecule is C#Cc1cc(Br)cnc1Br. The summed E-state index contributed by atoms with van der Waals surface area (Å²) in [4.78, 5) is 3.98. The molecule has 50 valence electrons. The van der Waals surface area contributed by atoms with Crippen molar-refractivity contribution in [3.05, 3.63) is 26.9 Å². The summed E-state index contributed by atoms with van der Waals surface area (Å²) in [5, 5.41) is 0. The normalized spacial score (nSPS) is 8.90. The zero-order valence-electron chi connectivity index (χ0n) is 4.94. The highest BCUT2D eigenvalue weighted by atomic mass is 79.9. The van der Waals surface area contributed by atoms with Gasteiger partial charge in [-0.05, 0) is 37.9 Å². The van der Waals surface area contributed by atoms with Crippen molar-refractivity contribution in [1.29, 1.82) is 0 Å². The topological polar surface area (TPSA) is 12.9 Å². The third kappa shape index (κ3) is 1.59. The van der Waals surface area contributed by atoms with E-state index in [4.69, 9.17) is 6.42 Å². The molecular formula is C7H3Br2N.